The maximum absolute atomic E-state index is 13.0. The van der Waals surface area contributed by atoms with Crippen molar-refractivity contribution >= 4 is 16.1 Å². The van der Waals surface area contributed by atoms with Crippen molar-refractivity contribution in [2.75, 3.05) is 25.4 Å². The lowest BCUT2D eigenvalue weighted by Crippen LogP contribution is -2.34. The number of alkyl carbamates (subject to hydrolysis) is 1. The summed E-state index contributed by atoms with van der Waals surface area (Å²) in [5, 5.41) is 7.07. The zero-order chi connectivity index (χ0) is 28.1. The second-order valence-electron chi connectivity index (χ2n) is 9.32. The number of carbonyl (C=O) groups is 1. The predicted molar refractivity (Wildman–Crippen MR) is 151 cm³/mol. The molecule has 0 aliphatic heterocycles. The van der Waals surface area contributed by atoms with Gasteiger partial charge in [-0.05, 0) is 50.0 Å². The number of aromatic nitrogens is 3. The van der Waals surface area contributed by atoms with Gasteiger partial charge in [0.2, 0.25) is 10.0 Å². The van der Waals surface area contributed by atoms with Crippen molar-refractivity contribution in [3.8, 4) is 0 Å². The van der Waals surface area contributed by atoms with E-state index >= 15 is 0 Å². The summed E-state index contributed by atoms with van der Waals surface area (Å²) in [5.41, 5.74) is 1.99. The van der Waals surface area contributed by atoms with E-state index in [0.717, 1.165) is 30.8 Å². The number of nitrogens with one attached hydrogen (secondary N) is 2. The van der Waals surface area contributed by atoms with E-state index in [0.29, 0.717) is 30.9 Å². The third-order valence-electron chi connectivity index (χ3n) is 6.42. The molecular weight excluding hydrogens is 516 g/mol. The molecule has 1 heterocycles. The molecule has 3 aromatic rings. The van der Waals surface area contributed by atoms with Gasteiger partial charge in [-0.2, -0.15) is 5.10 Å². The highest BCUT2D eigenvalue weighted by Crippen LogP contribution is 2.19. The van der Waals surface area contributed by atoms with Crippen molar-refractivity contribution in [2.24, 2.45) is 7.05 Å². The third kappa shape index (κ3) is 10.4. The Morgan fingerprint density at radius 3 is 2.31 bits per heavy atom. The molecule has 3 rings (SSSR count). The summed E-state index contributed by atoms with van der Waals surface area (Å²) >= 11 is 0. The molecule has 11 heteroatoms. The number of amides is 1. The van der Waals surface area contributed by atoms with Gasteiger partial charge >= 0.3 is 6.09 Å². The molecule has 1 amide bonds. The lowest BCUT2D eigenvalue weighted by atomic mass is 10.1. The third-order valence-corrected chi connectivity index (χ3v) is 7.89. The van der Waals surface area contributed by atoms with Crippen LogP contribution in [0.3, 0.4) is 0 Å². The van der Waals surface area contributed by atoms with E-state index in [-0.39, 0.29) is 18.9 Å². The van der Waals surface area contributed by atoms with E-state index in [9.17, 15) is 13.2 Å². The van der Waals surface area contributed by atoms with Crippen LogP contribution in [0.4, 0.5) is 4.79 Å². The van der Waals surface area contributed by atoms with Crippen molar-refractivity contribution < 1.29 is 17.9 Å². The molecule has 212 valence electrons. The molecule has 39 heavy (non-hydrogen) atoms. The number of hydrogen-bond donors (Lipinski definition) is 2. The van der Waals surface area contributed by atoms with Crippen LogP contribution < -0.4 is 10.0 Å². The quantitative estimate of drug-likeness (QED) is 0.277. The smallest absolute Gasteiger partial charge is 0.407 e. The van der Waals surface area contributed by atoms with E-state index < -0.39 is 22.2 Å². The van der Waals surface area contributed by atoms with Crippen LogP contribution in [-0.4, -0.2) is 59.6 Å². The topological polar surface area (TPSA) is 118 Å². The summed E-state index contributed by atoms with van der Waals surface area (Å²) in [6.07, 6.45) is 1.14. The molecule has 0 unspecified atom stereocenters. The zero-order valence-corrected chi connectivity index (χ0v) is 23.9. The number of ether oxygens (including phenoxy) is 1. The van der Waals surface area contributed by atoms with E-state index in [4.69, 9.17) is 4.74 Å². The molecule has 0 radical (unpaired) electrons. The second kappa shape index (κ2) is 15.3. The van der Waals surface area contributed by atoms with Crippen molar-refractivity contribution in [3.63, 3.8) is 0 Å². The molecule has 10 nitrogen and oxygen atoms in total. The molecule has 1 aromatic heterocycles. The van der Waals surface area contributed by atoms with Crippen LogP contribution in [0.5, 0.6) is 0 Å². The van der Waals surface area contributed by atoms with E-state index in [1.807, 2.05) is 60.7 Å². The lowest BCUT2D eigenvalue weighted by Gasteiger charge is -2.20. The fourth-order valence-electron chi connectivity index (χ4n) is 4.25. The molecule has 0 saturated carbocycles. The molecule has 0 aliphatic rings. The average molecular weight is 557 g/mol. The number of nitrogens with zero attached hydrogens (tertiary/aromatic N) is 4. The van der Waals surface area contributed by atoms with Gasteiger partial charge in [-0.3, -0.25) is 4.68 Å². The Hall–Kier alpha value is -3.28. The van der Waals surface area contributed by atoms with E-state index in [1.165, 1.54) is 0 Å². The molecule has 1 atom stereocenters. The number of sulfonamides is 1. The van der Waals surface area contributed by atoms with Crippen LogP contribution in [0.15, 0.2) is 60.7 Å². The van der Waals surface area contributed by atoms with Gasteiger partial charge in [0.05, 0.1) is 18.3 Å². The van der Waals surface area contributed by atoms with Gasteiger partial charge in [0.25, 0.3) is 0 Å². The molecule has 0 spiro atoms. The highest BCUT2D eigenvalue weighted by atomic mass is 32.2. The minimum atomic E-state index is -3.56. The Morgan fingerprint density at radius 1 is 1.03 bits per heavy atom. The molecule has 0 bridgehead atoms. The largest absolute Gasteiger partial charge is 0.445 e. The van der Waals surface area contributed by atoms with Gasteiger partial charge in [-0.15, -0.1) is 0 Å². The highest BCUT2D eigenvalue weighted by Gasteiger charge is 2.24. The summed E-state index contributed by atoms with van der Waals surface area (Å²) < 4.78 is 35.8. The maximum Gasteiger partial charge on any atom is 0.407 e. The predicted octanol–water partition coefficient (Wildman–Crippen LogP) is 3.57. The first kappa shape index (κ1) is 30.3. The summed E-state index contributed by atoms with van der Waals surface area (Å²) in [6, 6.07) is 18.7. The highest BCUT2D eigenvalue weighted by molar-refractivity contribution is 7.89. The number of hydrogen-bond acceptors (Lipinski definition) is 7. The normalized spacial score (nSPS) is 12.4. The van der Waals surface area contributed by atoms with Crippen LogP contribution in [-0.2, 0) is 41.4 Å². The van der Waals surface area contributed by atoms with Crippen molar-refractivity contribution in [1.29, 1.82) is 0 Å². The van der Waals surface area contributed by atoms with Gasteiger partial charge in [0.15, 0.2) is 5.82 Å². The molecule has 0 fully saturated rings. The van der Waals surface area contributed by atoms with Crippen molar-refractivity contribution in [2.45, 2.75) is 52.3 Å². The van der Waals surface area contributed by atoms with Gasteiger partial charge in [0.1, 0.15) is 12.4 Å². The molecule has 0 aliphatic carbocycles. The number of benzene rings is 2. The molecular formula is C28H40N6O4S. The first-order chi connectivity index (χ1) is 18.8. The fourth-order valence-corrected chi connectivity index (χ4v) is 5.53. The second-order valence-corrected chi connectivity index (χ2v) is 11.2. The van der Waals surface area contributed by atoms with Gasteiger partial charge in [0, 0.05) is 7.05 Å². The molecule has 2 aromatic carbocycles. The Balaban J connectivity index is 1.64. The van der Waals surface area contributed by atoms with Crippen LogP contribution in [0.2, 0.25) is 0 Å². The Labute approximate surface area is 231 Å². The van der Waals surface area contributed by atoms with Gasteiger partial charge < -0.3 is 15.0 Å². The van der Waals surface area contributed by atoms with Crippen LogP contribution in [0, 0.1) is 0 Å². The maximum atomic E-state index is 13.0. The summed E-state index contributed by atoms with van der Waals surface area (Å²) in [5.74, 6) is 0.896. The van der Waals surface area contributed by atoms with Gasteiger partial charge in [-0.25, -0.2) is 22.9 Å². The first-order valence-corrected chi connectivity index (χ1v) is 15.1. The van der Waals surface area contributed by atoms with Crippen LogP contribution >= 0.6 is 0 Å². The number of aryl methyl sites for hydroxylation is 2. The number of rotatable bonds is 16. The fraction of sp³-hybridized carbons (Fsp3) is 0.464. The van der Waals surface area contributed by atoms with Crippen LogP contribution in [0.1, 0.15) is 55.5 Å². The Bertz CT molecular complexity index is 1250. The lowest BCUT2D eigenvalue weighted by molar-refractivity contribution is 0.139. The molecule has 0 saturated heterocycles. The van der Waals surface area contributed by atoms with Crippen molar-refractivity contribution in [1.82, 2.24) is 29.7 Å². The average Bonchev–Trinajstić information content (AvgIpc) is 3.32. The minimum Gasteiger partial charge on any atom is -0.445 e. The van der Waals surface area contributed by atoms with Crippen LogP contribution in [0.25, 0.3) is 0 Å². The standard InChI is InChI=1S/C28H40N6O4S/c1-4-34(5-2)19-12-20-39(36,37)32-25(18-17-23-13-8-6-9-14-23)27-30-26(31-33(27)3)21-29-28(35)38-22-24-15-10-7-11-16-24/h6-11,13-16,25,32H,4-5,12,17-22H2,1-3H3,(H,29,35)/t25-/m1/s1. The Morgan fingerprint density at radius 2 is 1.67 bits per heavy atom. The summed E-state index contributed by atoms with van der Waals surface area (Å²) in [7, 11) is -1.83. The van der Waals surface area contributed by atoms with Crippen molar-refractivity contribution in [3.05, 3.63) is 83.4 Å². The number of carbonyl (C=O) groups excluding carboxylic acids is 1. The summed E-state index contributed by atoms with van der Waals surface area (Å²) in [6.45, 7) is 6.86. The monoisotopic (exact) mass is 556 g/mol. The first-order valence-electron chi connectivity index (χ1n) is 13.4. The van der Waals surface area contributed by atoms with Gasteiger partial charge in [-0.1, -0.05) is 74.5 Å². The van der Waals surface area contributed by atoms with E-state index in [2.05, 4.69) is 38.9 Å². The minimum absolute atomic E-state index is 0.0326. The Kier molecular flexibility index (Phi) is 11.9. The van der Waals surface area contributed by atoms with E-state index in [1.54, 1.807) is 11.7 Å². The zero-order valence-electron chi connectivity index (χ0n) is 23.0. The SMILES string of the molecule is CCN(CC)CCCS(=O)(=O)N[C@H](CCc1ccccc1)c1nc(CNC(=O)OCc2ccccc2)nn1C. The summed E-state index contributed by atoms with van der Waals surface area (Å²) in [4.78, 5) is 18.9. The molecule has 2 N–H and O–H groups in total.